The molecule has 2 heterocycles. The fourth-order valence-electron chi connectivity index (χ4n) is 5.73. The van der Waals surface area contributed by atoms with Crippen LogP contribution in [-0.2, 0) is 26.7 Å². The Morgan fingerprint density at radius 2 is 1.04 bits per heavy atom. The SMILES string of the molecule is CC(C)(C)C1=C/C(=C/N[C@@H]2CCCC[C@H]2N/C=C2/C=C(C(C)(C)C)C=C(c3ccccn3)C2=O)C(=O)C(c2ccccn2)=C1.[Cu]. The zero-order chi connectivity index (χ0) is 31.5. The quantitative estimate of drug-likeness (QED) is 0.252. The van der Waals surface area contributed by atoms with Crippen molar-refractivity contribution in [3.05, 3.63) is 119 Å². The van der Waals surface area contributed by atoms with Crippen molar-refractivity contribution in [2.24, 2.45) is 10.8 Å². The van der Waals surface area contributed by atoms with Crippen LogP contribution in [0.1, 0.15) is 78.6 Å². The van der Waals surface area contributed by atoms with Crippen molar-refractivity contribution in [1.82, 2.24) is 20.6 Å². The molecule has 2 aromatic heterocycles. The number of hydrogen-bond donors (Lipinski definition) is 2. The first-order chi connectivity index (χ1) is 20.9. The van der Waals surface area contributed by atoms with E-state index in [4.69, 9.17) is 0 Å². The number of rotatable bonds is 6. The topological polar surface area (TPSA) is 84.0 Å². The summed E-state index contributed by atoms with van der Waals surface area (Å²) in [6, 6.07) is 11.5. The fraction of sp³-hybridized carbons (Fsp3) is 0.368. The minimum Gasteiger partial charge on any atom is -0.386 e. The third kappa shape index (κ3) is 8.08. The molecule has 1 saturated carbocycles. The van der Waals surface area contributed by atoms with Gasteiger partial charge in [-0.05, 0) is 83.4 Å². The maximum Gasteiger partial charge on any atom is 0.196 e. The van der Waals surface area contributed by atoms with Crippen LogP contribution in [0.4, 0.5) is 0 Å². The van der Waals surface area contributed by atoms with Crippen molar-refractivity contribution in [2.45, 2.75) is 79.3 Å². The average molecular weight is 652 g/mol. The molecule has 2 atom stereocenters. The molecule has 0 aromatic carbocycles. The zero-order valence-corrected chi connectivity index (χ0v) is 28.0. The molecule has 0 bridgehead atoms. The number of carbonyl (C=O) groups excluding carboxylic acids is 2. The van der Waals surface area contributed by atoms with E-state index < -0.39 is 0 Å². The van der Waals surface area contributed by atoms with Crippen molar-refractivity contribution in [3.8, 4) is 0 Å². The van der Waals surface area contributed by atoms with E-state index in [2.05, 4.69) is 62.1 Å². The molecule has 1 fully saturated rings. The molecular formula is C38H44CuN4O2. The number of carbonyl (C=O) groups is 2. The third-order valence-corrected chi connectivity index (χ3v) is 8.52. The summed E-state index contributed by atoms with van der Waals surface area (Å²) in [6.07, 6.45) is 19.3. The van der Waals surface area contributed by atoms with Gasteiger partial charge in [-0.1, -0.05) is 66.5 Å². The van der Waals surface area contributed by atoms with Crippen molar-refractivity contribution < 1.29 is 26.7 Å². The Labute approximate surface area is 278 Å². The Hall–Kier alpha value is -3.80. The molecule has 0 amide bonds. The first-order valence-electron chi connectivity index (χ1n) is 15.6. The molecule has 0 saturated heterocycles. The average Bonchev–Trinajstić information content (AvgIpc) is 3.00. The fourth-order valence-corrected chi connectivity index (χ4v) is 5.73. The summed E-state index contributed by atoms with van der Waals surface area (Å²) in [5.74, 6) is -0.0683. The largest absolute Gasteiger partial charge is 0.386 e. The van der Waals surface area contributed by atoms with E-state index in [1.807, 2.05) is 73.1 Å². The molecule has 6 nitrogen and oxygen atoms in total. The molecular weight excluding hydrogens is 608 g/mol. The molecule has 0 unspecified atom stereocenters. The molecule has 3 aliphatic rings. The van der Waals surface area contributed by atoms with Gasteiger partial charge in [-0.25, -0.2) is 0 Å². The van der Waals surface area contributed by atoms with Crippen LogP contribution in [0.15, 0.2) is 108 Å². The second kappa shape index (κ2) is 14.1. The van der Waals surface area contributed by atoms with Gasteiger partial charge in [-0.2, -0.15) is 0 Å². The van der Waals surface area contributed by atoms with Crippen LogP contribution in [0, 0.1) is 10.8 Å². The summed E-state index contributed by atoms with van der Waals surface area (Å²) in [5, 5.41) is 7.19. The Kier molecular flexibility index (Phi) is 10.7. The zero-order valence-electron chi connectivity index (χ0n) is 27.1. The number of hydrogen-bond acceptors (Lipinski definition) is 6. The number of aromatic nitrogens is 2. The smallest absolute Gasteiger partial charge is 0.196 e. The van der Waals surface area contributed by atoms with Gasteiger partial charge in [0.2, 0.25) is 0 Å². The molecule has 1 radical (unpaired) electrons. The summed E-state index contributed by atoms with van der Waals surface area (Å²) in [6.45, 7) is 12.9. The molecule has 5 rings (SSSR count). The van der Waals surface area contributed by atoms with Crippen LogP contribution in [0.2, 0.25) is 0 Å². The van der Waals surface area contributed by atoms with E-state index in [1.165, 1.54) is 0 Å². The maximum atomic E-state index is 13.6. The van der Waals surface area contributed by atoms with Crippen molar-refractivity contribution in [3.63, 3.8) is 0 Å². The van der Waals surface area contributed by atoms with Crippen LogP contribution in [0.5, 0.6) is 0 Å². The Morgan fingerprint density at radius 1 is 0.644 bits per heavy atom. The van der Waals surface area contributed by atoms with E-state index in [-0.39, 0.29) is 51.5 Å². The molecule has 3 aliphatic carbocycles. The second-order valence-corrected chi connectivity index (χ2v) is 13.9. The van der Waals surface area contributed by atoms with Gasteiger partial charge in [-0.3, -0.25) is 19.6 Å². The first-order valence-corrected chi connectivity index (χ1v) is 15.6. The van der Waals surface area contributed by atoms with Gasteiger partial charge in [0.25, 0.3) is 0 Å². The molecule has 2 N–H and O–H groups in total. The summed E-state index contributed by atoms with van der Waals surface area (Å²) in [5.41, 5.74) is 5.77. The predicted octanol–water partition coefficient (Wildman–Crippen LogP) is 7.31. The number of allylic oxidation sites excluding steroid dienone is 10. The monoisotopic (exact) mass is 651 g/mol. The van der Waals surface area contributed by atoms with Crippen molar-refractivity contribution in [2.75, 3.05) is 0 Å². The number of ketones is 2. The number of nitrogens with zero attached hydrogens (tertiary/aromatic N) is 2. The standard InChI is InChI=1S/C38H44N4O2.Cu/c1-37(2,3)27-19-25(35(43)29(21-27)31-13-9-11-17-39-31)23-41-33-15-7-8-16-34(33)42-24-26-20-28(38(4,5)6)22-30(36(26)44)32-14-10-12-18-40-32;/h9-14,17-24,33-34,41-42H,7-8,15-16H2,1-6H3;/b25-23-,26-24-;/t33-,34-;/m1./s1. The van der Waals surface area contributed by atoms with Gasteiger partial charge in [-0.15, -0.1) is 0 Å². The minimum atomic E-state index is -0.130. The number of Topliss-reactive ketones (excluding diaryl/α,β-unsaturated/α-hetero) is 2. The van der Waals surface area contributed by atoms with Gasteiger partial charge in [0.05, 0.1) is 11.4 Å². The van der Waals surface area contributed by atoms with Gasteiger partial charge in [0.15, 0.2) is 11.6 Å². The molecule has 239 valence electrons. The third-order valence-electron chi connectivity index (χ3n) is 8.52. The van der Waals surface area contributed by atoms with Crippen molar-refractivity contribution >= 4 is 22.7 Å². The summed E-state index contributed by atoms with van der Waals surface area (Å²) < 4.78 is 0. The minimum absolute atomic E-state index is 0. The Morgan fingerprint density at radius 3 is 1.38 bits per heavy atom. The van der Waals surface area contributed by atoms with E-state index in [9.17, 15) is 9.59 Å². The van der Waals surface area contributed by atoms with E-state index in [1.54, 1.807) is 12.4 Å². The molecule has 2 aromatic rings. The summed E-state index contributed by atoms with van der Waals surface area (Å²) >= 11 is 0. The number of pyridine rings is 2. The van der Waals surface area contributed by atoms with E-state index in [0.29, 0.717) is 33.7 Å². The van der Waals surface area contributed by atoms with Crippen LogP contribution in [0.25, 0.3) is 11.1 Å². The van der Waals surface area contributed by atoms with Crippen molar-refractivity contribution in [1.29, 1.82) is 0 Å². The molecule has 0 aliphatic heterocycles. The van der Waals surface area contributed by atoms with Crippen LogP contribution in [0.3, 0.4) is 0 Å². The van der Waals surface area contributed by atoms with Crippen LogP contribution < -0.4 is 10.6 Å². The van der Waals surface area contributed by atoms with Gasteiger partial charge < -0.3 is 10.6 Å². The molecule has 0 spiro atoms. The Balaban J connectivity index is 0.00000461. The van der Waals surface area contributed by atoms with Crippen LogP contribution >= 0.6 is 0 Å². The second-order valence-electron chi connectivity index (χ2n) is 13.9. The van der Waals surface area contributed by atoms with Gasteiger partial charge in [0.1, 0.15) is 0 Å². The molecule has 7 heteroatoms. The first kappa shape index (κ1) is 34.1. The van der Waals surface area contributed by atoms with Gasteiger partial charge >= 0.3 is 0 Å². The van der Waals surface area contributed by atoms with E-state index in [0.717, 1.165) is 36.8 Å². The van der Waals surface area contributed by atoms with Crippen LogP contribution in [-0.4, -0.2) is 33.6 Å². The van der Waals surface area contributed by atoms with Gasteiger partial charge in [0, 0.05) is 76.2 Å². The maximum absolute atomic E-state index is 13.6. The normalized spacial score (nSPS) is 22.6. The predicted molar refractivity (Wildman–Crippen MR) is 178 cm³/mol. The molecule has 45 heavy (non-hydrogen) atoms. The summed E-state index contributed by atoms with van der Waals surface area (Å²) in [4.78, 5) is 36.2. The number of nitrogens with one attached hydrogen (secondary N) is 2. The van der Waals surface area contributed by atoms with E-state index >= 15 is 0 Å². The Bertz CT molecular complexity index is 1480. The summed E-state index contributed by atoms with van der Waals surface area (Å²) in [7, 11) is 0.